The Morgan fingerprint density at radius 1 is 0.944 bits per heavy atom. The zero-order valence-electron chi connectivity index (χ0n) is 8.97. The third kappa shape index (κ3) is 1.74. The van der Waals surface area contributed by atoms with Gasteiger partial charge < -0.3 is 0 Å². The van der Waals surface area contributed by atoms with Gasteiger partial charge in [0.1, 0.15) is 0 Å². The normalized spacial score (nSPS) is 17.0. The average Bonchev–Trinajstić information content (AvgIpc) is 2.36. The maximum atomic E-state index is 12.5. The van der Waals surface area contributed by atoms with Crippen LogP contribution in [0.2, 0.25) is 5.02 Å². The molecule has 6 heteroatoms. The van der Waals surface area contributed by atoms with Crippen molar-refractivity contribution in [1.82, 2.24) is 0 Å². The van der Waals surface area contributed by atoms with E-state index in [1.807, 2.05) is 12.1 Å². The first-order chi connectivity index (χ1) is 8.53. The van der Waals surface area contributed by atoms with E-state index in [2.05, 4.69) is 0 Å². The standard InChI is InChI=1S/C12H7ClO2S.Bi.ClH/c13-10-5-4-8-12(9-10)16(14,15)11-6-2-1-3-7-11;;/h1-6,8H;;1H/q;+1;/p-1. The molecule has 0 unspecified atom stereocenters. The molecule has 92 valence electrons. The first-order valence-corrected chi connectivity index (χ1v) is 14.7. The van der Waals surface area contributed by atoms with E-state index in [4.69, 9.17) is 20.1 Å². The molecule has 0 radical (unpaired) electrons. The molecule has 1 heterocycles. The number of fused-ring (bicyclic) bond motifs is 2. The van der Waals surface area contributed by atoms with Crippen LogP contribution in [0.4, 0.5) is 0 Å². The molecule has 0 bridgehead atoms. The van der Waals surface area contributed by atoms with Crippen LogP contribution < -0.4 is 6.54 Å². The molecule has 0 amide bonds. The van der Waals surface area contributed by atoms with Gasteiger partial charge in [0, 0.05) is 0 Å². The van der Waals surface area contributed by atoms with Gasteiger partial charge in [0.05, 0.1) is 0 Å². The molecule has 0 fully saturated rings. The summed E-state index contributed by atoms with van der Waals surface area (Å²) in [4.78, 5) is 0.647. The maximum absolute atomic E-state index is 12.5. The third-order valence-corrected chi connectivity index (χ3v) is 16.4. The SMILES string of the molecule is O=S1(=O)c2cccc[c]2[Bi]([Cl])[c]2c(Cl)cccc21. The van der Waals surface area contributed by atoms with E-state index in [0.29, 0.717) is 18.1 Å². The molecular formula is C12H7BiCl2O2S. The molecule has 0 aliphatic carbocycles. The van der Waals surface area contributed by atoms with E-state index < -0.39 is 30.4 Å². The molecule has 1 aliphatic rings. The second-order valence-corrected chi connectivity index (χ2v) is 14.9. The number of hydrogen-bond acceptors (Lipinski definition) is 2. The minimum atomic E-state index is -3.47. The predicted molar refractivity (Wildman–Crippen MR) is 74.2 cm³/mol. The molecular weight excluding hydrogens is 488 g/mol. The molecule has 0 aromatic heterocycles. The summed E-state index contributed by atoms with van der Waals surface area (Å²) in [5.41, 5.74) is 0. The summed E-state index contributed by atoms with van der Waals surface area (Å²) >= 11 is 3.38. The van der Waals surface area contributed by atoms with Crippen molar-refractivity contribution >= 4 is 57.1 Å². The molecule has 2 nitrogen and oxygen atoms in total. The Bertz CT molecular complexity index is 743. The fraction of sp³-hybridized carbons (Fsp3) is 0. The second-order valence-electron chi connectivity index (χ2n) is 3.84. The van der Waals surface area contributed by atoms with Crippen LogP contribution in [0.15, 0.2) is 52.3 Å². The summed E-state index contributed by atoms with van der Waals surface area (Å²) < 4.78 is 26.5. The topological polar surface area (TPSA) is 34.1 Å². The molecule has 2 aromatic carbocycles. The number of rotatable bonds is 0. The second kappa shape index (κ2) is 4.45. The summed E-state index contributed by atoms with van der Waals surface area (Å²) in [6.45, 7) is 0. The van der Waals surface area contributed by atoms with Crippen molar-refractivity contribution in [2.75, 3.05) is 0 Å². The summed E-state index contributed by atoms with van der Waals surface area (Å²) in [7, 11) is 3.09. The first-order valence-electron chi connectivity index (χ1n) is 5.12. The Kier molecular flexibility index (Phi) is 3.18. The zero-order valence-corrected chi connectivity index (χ0v) is 14.8. The van der Waals surface area contributed by atoms with E-state index in [9.17, 15) is 8.42 Å². The first kappa shape index (κ1) is 12.9. The van der Waals surface area contributed by atoms with Gasteiger partial charge in [0.2, 0.25) is 0 Å². The van der Waals surface area contributed by atoms with Crippen LogP contribution in [0, 0.1) is 0 Å². The molecule has 18 heavy (non-hydrogen) atoms. The van der Waals surface area contributed by atoms with Gasteiger partial charge in [-0.05, 0) is 0 Å². The van der Waals surface area contributed by atoms with Crippen LogP contribution >= 0.6 is 20.1 Å². The monoisotopic (exact) mass is 494 g/mol. The van der Waals surface area contributed by atoms with Crippen molar-refractivity contribution in [3.8, 4) is 0 Å². The average molecular weight is 495 g/mol. The van der Waals surface area contributed by atoms with E-state index >= 15 is 0 Å². The van der Waals surface area contributed by atoms with E-state index in [1.165, 1.54) is 0 Å². The Balaban J connectivity index is 2.45. The van der Waals surface area contributed by atoms with Gasteiger partial charge in [-0.3, -0.25) is 0 Å². The molecule has 0 saturated heterocycles. The Hall–Kier alpha value is -0.147. The van der Waals surface area contributed by atoms with Crippen LogP contribution in [0.1, 0.15) is 0 Å². The van der Waals surface area contributed by atoms with Crippen molar-refractivity contribution < 1.29 is 8.42 Å². The van der Waals surface area contributed by atoms with E-state index in [0.717, 1.165) is 3.27 Å². The van der Waals surface area contributed by atoms with Crippen molar-refractivity contribution in [2.45, 2.75) is 9.79 Å². The Morgan fingerprint density at radius 3 is 2.39 bits per heavy atom. The molecule has 2 aromatic rings. The number of sulfone groups is 1. The van der Waals surface area contributed by atoms with Gasteiger partial charge in [0.15, 0.2) is 0 Å². The van der Waals surface area contributed by atoms with Crippen molar-refractivity contribution in [1.29, 1.82) is 0 Å². The summed E-state index contributed by atoms with van der Waals surface area (Å²) in [5.74, 6) is 0. The fourth-order valence-corrected chi connectivity index (χ4v) is 17.9. The molecule has 3 rings (SSSR count). The molecule has 0 spiro atoms. The number of halogens is 2. The van der Waals surface area contributed by atoms with Crippen LogP contribution in [0.5, 0.6) is 0 Å². The fourth-order valence-electron chi connectivity index (χ4n) is 1.99. The van der Waals surface area contributed by atoms with Gasteiger partial charge in [-0.25, -0.2) is 0 Å². The van der Waals surface area contributed by atoms with Gasteiger partial charge in [-0.2, -0.15) is 0 Å². The molecule has 0 atom stereocenters. The van der Waals surface area contributed by atoms with Gasteiger partial charge in [0.25, 0.3) is 0 Å². The summed E-state index contributed by atoms with van der Waals surface area (Å²) in [6, 6.07) is 11.9. The summed E-state index contributed by atoms with van der Waals surface area (Å²) in [6.07, 6.45) is 0. The summed E-state index contributed by atoms with van der Waals surface area (Å²) in [5, 5.41) is 0.471. The van der Waals surface area contributed by atoms with E-state index in [-0.39, 0.29) is 0 Å². The van der Waals surface area contributed by atoms with Crippen molar-refractivity contribution in [3.63, 3.8) is 0 Å². The van der Waals surface area contributed by atoms with Crippen LogP contribution in [0.3, 0.4) is 0 Å². The van der Waals surface area contributed by atoms with Crippen molar-refractivity contribution in [2.24, 2.45) is 0 Å². The quantitative estimate of drug-likeness (QED) is 0.524. The third-order valence-electron chi connectivity index (χ3n) is 2.80. The molecule has 1 aliphatic heterocycles. The van der Waals surface area contributed by atoms with Crippen molar-refractivity contribution in [3.05, 3.63) is 47.5 Å². The van der Waals surface area contributed by atoms with Gasteiger partial charge >= 0.3 is 123 Å². The minimum absolute atomic E-state index is 0.293. The number of hydrogen-bond donors (Lipinski definition) is 0. The predicted octanol–water partition coefficient (Wildman–Crippen LogP) is 1.83. The Labute approximate surface area is 122 Å². The van der Waals surface area contributed by atoms with Gasteiger partial charge in [-0.1, -0.05) is 0 Å². The molecule has 0 N–H and O–H groups in total. The van der Waals surface area contributed by atoms with Crippen LogP contribution in [-0.2, 0) is 9.84 Å². The molecule has 0 saturated carbocycles. The van der Waals surface area contributed by atoms with Crippen LogP contribution in [-0.4, -0.2) is 29.0 Å². The van der Waals surface area contributed by atoms with E-state index in [1.54, 1.807) is 30.3 Å². The van der Waals surface area contributed by atoms with Gasteiger partial charge in [-0.15, -0.1) is 0 Å². The Morgan fingerprint density at radius 2 is 1.61 bits per heavy atom. The number of benzene rings is 2. The zero-order chi connectivity index (χ0) is 12.9. The van der Waals surface area contributed by atoms with Crippen LogP contribution in [0.25, 0.3) is 0 Å².